The summed E-state index contributed by atoms with van der Waals surface area (Å²) in [5.74, 6) is 1.50. The van der Waals surface area contributed by atoms with Crippen molar-refractivity contribution in [3.05, 3.63) is 41.7 Å². The molecule has 3 nitrogen and oxygen atoms in total. The molecule has 1 aromatic carbocycles. The fourth-order valence-electron chi connectivity index (χ4n) is 1.99. The Kier molecular flexibility index (Phi) is 5.62. The van der Waals surface area contributed by atoms with Crippen LogP contribution in [0.4, 0.5) is 5.82 Å². The zero-order valence-corrected chi connectivity index (χ0v) is 14.0. The average Bonchev–Trinajstić information content (AvgIpc) is 2.49. The molecule has 1 heterocycles. The molecule has 0 atom stereocenters. The van der Waals surface area contributed by atoms with Crippen LogP contribution in [0, 0.1) is 6.92 Å². The van der Waals surface area contributed by atoms with Gasteiger partial charge in [0.2, 0.25) is 0 Å². The Labute approximate surface area is 131 Å². The van der Waals surface area contributed by atoms with Gasteiger partial charge >= 0.3 is 0 Å². The van der Waals surface area contributed by atoms with E-state index in [1.807, 2.05) is 0 Å². The second-order valence-corrected chi connectivity index (χ2v) is 6.47. The summed E-state index contributed by atoms with van der Waals surface area (Å²) < 4.78 is 0. The van der Waals surface area contributed by atoms with Crippen LogP contribution < -0.4 is 5.32 Å². The highest BCUT2D eigenvalue weighted by atomic mass is 32.2. The van der Waals surface area contributed by atoms with Crippen molar-refractivity contribution in [2.24, 2.45) is 0 Å². The van der Waals surface area contributed by atoms with Crippen LogP contribution in [-0.2, 0) is 0 Å². The molecule has 2 aromatic rings. The van der Waals surface area contributed by atoms with Crippen LogP contribution in [0.15, 0.2) is 40.5 Å². The molecule has 0 unspecified atom stereocenters. The maximum Gasteiger partial charge on any atom is 0.133 e. The molecular formula is C17H23N3S. The maximum absolute atomic E-state index is 4.41. The Hall–Kier alpha value is -1.55. The Bertz CT molecular complexity index is 579. The predicted octanol–water partition coefficient (Wildman–Crippen LogP) is 4.88. The Morgan fingerprint density at radius 1 is 1.14 bits per heavy atom. The van der Waals surface area contributed by atoms with Gasteiger partial charge in [-0.1, -0.05) is 44.7 Å². The number of rotatable bonds is 6. The van der Waals surface area contributed by atoms with E-state index in [1.165, 1.54) is 10.5 Å². The molecule has 1 aromatic heterocycles. The number of benzene rings is 1. The van der Waals surface area contributed by atoms with Gasteiger partial charge in [-0.05, 0) is 37.0 Å². The summed E-state index contributed by atoms with van der Waals surface area (Å²) in [6.45, 7) is 9.58. The molecule has 2 rings (SSSR count). The molecule has 4 heteroatoms. The van der Waals surface area contributed by atoms with Gasteiger partial charge in [-0.25, -0.2) is 9.97 Å². The largest absolute Gasteiger partial charge is 0.370 e. The van der Waals surface area contributed by atoms with Crippen LogP contribution >= 0.6 is 11.8 Å². The SMILES string of the molecule is CCCNc1ncnc(Sc2ccc(C(C)C)cc2)c1C. The lowest BCUT2D eigenvalue weighted by Crippen LogP contribution is -2.05. The standard InChI is InChI=1S/C17H23N3S/c1-5-10-18-16-13(4)17(20-11-19-16)21-15-8-6-14(7-9-15)12(2)3/h6-9,11-12H,5,10H2,1-4H3,(H,18,19,20). The van der Waals surface area contributed by atoms with Crippen molar-refractivity contribution in [1.29, 1.82) is 0 Å². The van der Waals surface area contributed by atoms with Gasteiger partial charge in [0, 0.05) is 17.0 Å². The quantitative estimate of drug-likeness (QED) is 0.772. The van der Waals surface area contributed by atoms with Gasteiger partial charge in [0.05, 0.1) is 0 Å². The monoisotopic (exact) mass is 301 g/mol. The molecule has 112 valence electrons. The molecule has 0 saturated carbocycles. The third-order valence-corrected chi connectivity index (χ3v) is 4.45. The molecular weight excluding hydrogens is 278 g/mol. The third-order valence-electron chi connectivity index (χ3n) is 3.34. The normalized spacial score (nSPS) is 10.9. The summed E-state index contributed by atoms with van der Waals surface area (Å²) >= 11 is 1.69. The first kappa shape index (κ1) is 15.8. The van der Waals surface area contributed by atoms with Gasteiger partial charge in [0.15, 0.2) is 0 Å². The Morgan fingerprint density at radius 2 is 1.86 bits per heavy atom. The van der Waals surface area contributed by atoms with Crippen LogP contribution in [-0.4, -0.2) is 16.5 Å². The van der Waals surface area contributed by atoms with E-state index >= 15 is 0 Å². The molecule has 0 saturated heterocycles. The summed E-state index contributed by atoms with van der Waals surface area (Å²) in [6.07, 6.45) is 2.72. The van der Waals surface area contributed by atoms with E-state index in [2.05, 4.69) is 67.2 Å². The van der Waals surface area contributed by atoms with Gasteiger partial charge in [-0.3, -0.25) is 0 Å². The summed E-state index contributed by atoms with van der Waals surface area (Å²) in [5, 5.41) is 4.36. The zero-order valence-electron chi connectivity index (χ0n) is 13.2. The minimum Gasteiger partial charge on any atom is -0.370 e. The number of hydrogen-bond acceptors (Lipinski definition) is 4. The lowest BCUT2D eigenvalue weighted by Gasteiger charge is -2.11. The van der Waals surface area contributed by atoms with Crippen molar-refractivity contribution < 1.29 is 0 Å². The van der Waals surface area contributed by atoms with E-state index < -0.39 is 0 Å². The molecule has 21 heavy (non-hydrogen) atoms. The number of anilines is 1. The van der Waals surface area contributed by atoms with E-state index in [9.17, 15) is 0 Å². The molecule has 0 aliphatic carbocycles. The lowest BCUT2D eigenvalue weighted by atomic mass is 10.0. The molecule has 1 N–H and O–H groups in total. The number of hydrogen-bond donors (Lipinski definition) is 1. The highest BCUT2D eigenvalue weighted by Gasteiger charge is 2.08. The van der Waals surface area contributed by atoms with Gasteiger partial charge < -0.3 is 5.32 Å². The molecule has 0 aliphatic heterocycles. The molecule has 0 amide bonds. The smallest absolute Gasteiger partial charge is 0.133 e. The van der Waals surface area contributed by atoms with Gasteiger partial charge in [0.25, 0.3) is 0 Å². The van der Waals surface area contributed by atoms with Crippen LogP contribution in [0.25, 0.3) is 0 Å². The summed E-state index contributed by atoms with van der Waals surface area (Å²) in [5.41, 5.74) is 2.48. The third kappa shape index (κ3) is 4.21. The fourth-order valence-corrected chi connectivity index (χ4v) is 2.84. The zero-order chi connectivity index (χ0) is 15.2. The molecule has 0 spiro atoms. The molecule has 0 fully saturated rings. The van der Waals surface area contributed by atoms with E-state index in [-0.39, 0.29) is 0 Å². The molecule has 0 bridgehead atoms. The van der Waals surface area contributed by atoms with Gasteiger partial charge in [0.1, 0.15) is 17.2 Å². The van der Waals surface area contributed by atoms with Crippen LogP contribution in [0.3, 0.4) is 0 Å². The topological polar surface area (TPSA) is 37.8 Å². The van der Waals surface area contributed by atoms with Crippen molar-refractivity contribution in [3.63, 3.8) is 0 Å². The summed E-state index contributed by atoms with van der Waals surface area (Å²) in [6, 6.07) is 8.72. The van der Waals surface area contributed by atoms with E-state index in [1.54, 1.807) is 18.1 Å². The predicted molar refractivity (Wildman–Crippen MR) is 90.2 cm³/mol. The van der Waals surface area contributed by atoms with E-state index in [0.29, 0.717) is 5.92 Å². The number of nitrogens with zero attached hydrogens (tertiary/aromatic N) is 2. The number of aromatic nitrogens is 2. The van der Waals surface area contributed by atoms with Crippen LogP contribution in [0.2, 0.25) is 0 Å². The van der Waals surface area contributed by atoms with Crippen molar-refractivity contribution in [2.45, 2.75) is 50.0 Å². The van der Waals surface area contributed by atoms with E-state index in [4.69, 9.17) is 0 Å². The Balaban J connectivity index is 2.15. The second-order valence-electron chi connectivity index (χ2n) is 5.41. The molecule has 0 radical (unpaired) electrons. The highest BCUT2D eigenvalue weighted by molar-refractivity contribution is 7.99. The van der Waals surface area contributed by atoms with Gasteiger partial charge in [-0.15, -0.1) is 0 Å². The van der Waals surface area contributed by atoms with Gasteiger partial charge in [-0.2, -0.15) is 0 Å². The van der Waals surface area contributed by atoms with E-state index in [0.717, 1.165) is 29.4 Å². The number of nitrogens with one attached hydrogen (secondary N) is 1. The van der Waals surface area contributed by atoms with Crippen molar-refractivity contribution in [2.75, 3.05) is 11.9 Å². The molecule has 0 aliphatic rings. The second kappa shape index (κ2) is 7.46. The lowest BCUT2D eigenvalue weighted by molar-refractivity contribution is 0.865. The van der Waals surface area contributed by atoms with Crippen LogP contribution in [0.5, 0.6) is 0 Å². The highest BCUT2D eigenvalue weighted by Crippen LogP contribution is 2.31. The minimum absolute atomic E-state index is 0.565. The average molecular weight is 301 g/mol. The van der Waals surface area contributed by atoms with Crippen molar-refractivity contribution in [3.8, 4) is 0 Å². The van der Waals surface area contributed by atoms with Crippen LogP contribution in [0.1, 0.15) is 44.2 Å². The van der Waals surface area contributed by atoms with Crippen molar-refractivity contribution >= 4 is 17.6 Å². The fraction of sp³-hybridized carbons (Fsp3) is 0.412. The first-order chi connectivity index (χ1) is 10.1. The first-order valence-electron chi connectivity index (χ1n) is 7.45. The van der Waals surface area contributed by atoms with Crippen molar-refractivity contribution in [1.82, 2.24) is 9.97 Å². The Morgan fingerprint density at radius 3 is 2.48 bits per heavy atom. The first-order valence-corrected chi connectivity index (χ1v) is 8.26. The summed E-state index contributed by atoms with van der Waals surface area (Å²) in [4.78, 5) is 9.94. The maximum atomic E-state index is 4.41. The minimum atomic E-state index is 0.565. The summed E-state index contributed by atoms with van der Waals surface area (Å²) in [7, 11) is 0.